The Labute approximate surface area is 270 Å². The predicted octanol–water partition coefficient (Wildman–Crippen LogP) is 0.255. The van der Waals surface area contributed by atoms with Crippen LogP contribution in [0.15, 0.2) is 71.5 Å². The first-order valence-corrected chi connectivity index (χ1v) is 12.0. The van der Waals surface area contributed by atoms with E-state index in [1.165, 1.54) is 42.5 Å². The van der Waals surface area contributed by atoms with Gasteiger partial charge < -0.3 is 40.5 Å². The molecule has 204 valence electrons. The monoisotopic (exact) mass is 577 g/mol. The Balaban J connectivity index is 0.00000441. The Morgan fingerprint density at radius 3 is 2.17 bits per heavy atom. The number of carbonyl (C=O) groups is 3. The first-order chi connectivity index (χ1) is 18.5. The second-order valence-corrected chi connectivity index (χ2v) is 9.39. The molecule has 4 atom stereocenters. The van der Waals surface area contributed by atoms with Gasteiger partial charge >= 0.3 is 69.3 Å². The van der Waals surface area contributed by atoms with Crippen LogP contribution in [0.25, 0.3) is 0 Å². The second kappa shape index (κ2) is 12.9. The number of allylic oxidation sites excluding steroid dienone is 3. The van der Waals surface area contributed by atoms with E-state index in [-0.39, 0.29) is 87.9 Å². The smallest absolute Gasteiger partial charge is 0.508 e. The third-order valence-electron chi connectivity index (χ3n) is 6.94. The first-order valence-electron chi connectivity index (χ1n) is 12.0. The topological polar surface area (TPSA) is 202 Å². The molecule has 1 unspecified atom stereocenters. The van der Waals surface area contributed by atoms with Crippen LogP contribution in [-0.2, 0) is 25.5 Å². The molecule has 0 radical (unpaired) electrons. The molecule has 0 aliphatic heterocycles. The van der Waals surface area contributed by atoms with Gasteiger partial charge in [0, 0.05) is 24.3 Å². The van der Waals surface area contributed by atoms with Crippen LogP contribution in [0.4, 0.5) is 0 Å². The average Bonchev–Trinajstić information content (AvgIpc) is 3.29. The SMILES string of the molecule is O=C(/C=C/C1CC=C(O)C2=C1[C@H](C(=O)O)[C@@H](c1ccc(O)c(O)c1)C2)O[C@@H](Cc1ccc(O)c(O)c1)C(=O)O.[K+]. The molecular weight excluding hydrogens is 551 g/mol. The number of carboxylic acid groups (broad SMARTS) is 2. The number of esters is 1. The number of hydrogen-bond acceptors (Lipinski definition) is 9. The fourth-order valence-corrected chi connectivity index (χ4v) is 5.09. The fourth-order valence-electron chi connectivity index (χ4n) is 5.09. The second-order valence-electron chi connectivity index (χ2n) is 9.39. The molecule has 2 aromatic carbocycles. The molecule has 40 heavy (non-hydrogen) atoms. The summed E-state index contributed by atoms with van der Waals surface area (Å²) in [7, 11) is 0. The van der Waals surface area contributed by atoms with Crippen LogP contribution in [0.3, 0.4) is 0 Å². The van der Waals surface area contributed by atoms with Crippen LogP contribution in [-0.4, -0.2) is 59.8 Å². The number of carbonyl (C=O) groups excluding carboxylic acids is 1. The van der Waals surface area contributed by atoms with Crippen molar-refractivity contribution in [1.29, 1.82) is 0 Å². The molecule has 12 heteroatoms. The predicted molar refractivity (Wildman–Crippen MR) is 134 cm³/mol. The number of aliphatic carboxylic acids is 2. The summed E-state index contributed by atoms with van der Waals surface area (Å²) < 4.78 is 5.08. The average molecular weight is 578 g/mol. The molecule has 0 bridgehead atoms. The maximum absolute atomic E-state index is 12.5. The van der Waals surface area contributed by atoms with E-state index in [0.29, 0.717) is 22.3 Å². The minimum Gasteiger partial charge on any atom is -0.508 e. The molecule has 0 heterocycles. The van der Waals surface area contributed by atoms with Gasteiger partial charge in [-0.05, 0) is 65.5 Å². The summed E-state index contributed by atoms with van der Waals surface area (Å²) in [5.41, 5.74) is 1.55. The van der Waals surface area contributed by atoms with Gasteiger partial charge in [-0.25, -0.2) is 9.59 Å². The van der Waals surface area contributed by atoms with Crippen molar-refractivity contribution in [3.05, 3.63) is 82.7 Å². The molecule has 0 fully saturated rings. The number of rotatable bonds is 8. The quantitative estimate of drug-likeness (QED) is 0.0981. The number of carboxylic acids is 2. The van der Waals surface area contributed by atoms with Crippen molar-refractivity contribution in [1.82, 2.24) is 0 Å². The number of phenolic OH excluding ortho intramolecular Hbond substituents is 4. The number of aliphatic hydroxyl groups excluding tert-OH is 1. The minimum atomic E-state index is -1.60. The van der Waals surface area contributed by atoms with E-state index in [4.69, 9.17) is 4.74 Å². The van der Waals surface area contributed by atoms with Crippen LogP contribution in [0.1, 0.15) is 29.9 Å². The number of benzene rings is 2. The molecule has 4 rings (SSSR count). The van der Waals surface area contributed by atoms with Gasteiger partial charge in [0.25, 0.3) is 0 Å². The molecule has 0 saturated heterocycles. The van der Waals surface area contributed by atoms with Crippen LogP contribution >= 0.6 is 0 Å². The molecule has 0 saturated carbocycles. The van der Waals surface area contributed by atoms with Crippen LogP contribution in [0.2, 0.25) is 0 Å². The molecule has 0 amide bonds. The van der Waals surface area contributed by atoms with E-state index in [2.05, 4.69) is 0 Å². The van der Waals surface area contributed by atoms with Crippen LogP contribution in [0.5, 0.6) is 23.0 Å². The minimum absolute atomic E-state index is 0. The number of hydrogen-bond donors (Lipinski definition) is 7. The maximum Gasteiger partial charge on any atom is 1.00 e. The number of ether oxygens (including phenoxy) is 1. The van der Waals surface area contributed by atoms with Crippen molar-refractivity contribution in [3.63, 3.8) is 0 Å². The molecule has 2 aliphatic rings. The van der Waals surface area contributed by atoms with E-state index in [1.807, 2.05) is 0 Å². The largest absolute Gasteiger partial charge is 1.00 e. The number of aromatic hydroxyl groups is 4. The van der Waals surface area contributed by atoms with E-state index in [1.54, 1.807) is 0 Å². The van der Waals surface area contributed by atoms with Gasteiger partial charge in [0.2, 0.25) is 6.10 Å². The molecule has 0 aromatic heterocycles. The molecule has 7 N–H and O–H groups in total. The van der Waals surface area contributed by atoms with Gasteiger partial charge in [-0.15, -0.1) is 0 Å². The van der Waals surface area contributed by atoms with Crippen LogP contribution < -0.4 is 51.4 Å². The Hall–Kier alpha value is -3.29. The van der Waals surface area contributed by atoms with Gasteiger partial charge in [-0.3, -0.25) is 4.79 Å². The summed E-state index contributed by atoms with van der Waals surface area (Å²) in [6.07, 6.45) is 2.37. The van der Waals surface area contributed by atoms with Gasteiger partial charge in [0.15, 0.2) is 23.0 Å². The van der Waals surface area contributed by atoms with Gasteiger partial charge in [0.05, 0.1) is 5.92 Å². The van der Waals surface area contributed by atoms with Crippen LogP contribution in [0, 0.1) is 11.8 Å². The fraction of sp³-hybridized carbons (Fsp3) is 0.250. The van der Waals surface area contributed by atoms with Crippen molar-refractivity contribution in [2.75, 3.05) is 0 Å². The number of phenols is 4. The summed E-state index contributed by atoms with van der Waals surface area (Å²) >= 11 is 0. The Morgan fingerprint density at radius 2 is 1.57 bits per heavy atom. The van der Waals surface area contributed by atoms with Gasteiger partial charge in [0.1, 0.15) is 5.76 Å². The first kappa shape index (κ1) is 31.2. The van der Waals surface area contributed by atoms with E-state index < -0.39 is 53.3 Å². The molecular formula is C28H26KO11+. The normalized spacial score (nSPS) is 20.8. The van der Waals surface area contributed by atoms with Gasteiger partial charge in [-0.2, -0.15) is 0 Å². The summed E-state index contributed by atoms with van der Waals surface area (Å²) in [6.45, 7) is 0. The third-order valence-corrected chi connectivity index (χ3v) is 6.94. The summed E-state index contributed by atoms with van der Waals surface area (Å²) in [5.74, 6) is -7.63. The maximum atomic E-state index is 12.5. The molecule has 0 spiro atoms. The van der Waals surface area contributed by atoms with Crippen molar-refractivity contribution in [2.24, 2.45) is 11.8 Å². The zero-order chi connectivity index (χ0) is 28.4. The zero-order valence-electron chi connectivity index (χ0n) is 21.4. The van der Waals surface area contributed by atoms with E-state index >= 15 is 0 Å². The molecule has 2 aromatic rings. The summed E-state index contributed by atoms with van der Waals surface area (Å²) in [6, 6.07) is 7.73. The standard InChI is InChI=1S/C28H26O11.K/c29-18-6-2-14(4-8-24(34)39-23(27(35)36)10-13-1-5-19(30)21(32)9-13)25-17(18)12-16(26(25)28(37)38)15-3-7-20(31)22(33)11-15;/h1,3-9,11,14,16,23,26,29-33H,2,10,12H2,(H,35,36)(H,37,38);/q;+1/b8-4+;/t14?,16-,23+,26-;/m1./s1. The van der Waals surface area contributed by atoms with Crippen molar-refractivity contribution in [3.8, 4) is 23.0 Å². The van der Waals surface area contributed by atoms with Crippen molar-refractivity contribution < 1.29 is 106 Å². The van der Waals surface area contributed by atoms with E-state index in [0.717, 1.165) is 12.1 Å². The van der Waals surface area contributed by atoms with Gasteiger partial charge in [-0.1, -0.05) is 18.2 Å². The third kappa shape index (κ3) is 6.70. The Kier molecular flexibility index (Phi) is 10.1. The molecule has 11 nitrogen and oxygen atoms in total. The Morgan fingerprint density at radius 1 is 0.925 bits per heavy atom. The summed E-state index contributed by atoms with van der Waals surface area (Å²) in [4.78, 5) is 36.6. The van der Waals surface area contributed by atoms with Crippen molar-refractivity contribution >= 4 is 17.9 Å². The summed E-state index contributed by atoms with van der Waals surface area (Å²) in [5, 5.41) is 68.7. The zero-order valence-corrected chi connectivity index (χ0v) is 24.5. The van der Waals surface area contributed by atoms with E-state index in [9.17, 15) is 50.1 Å². The van der Waals surface area contributed by atoms with Crippen molar-refractivity contribution in [2.45, 2.75) is 31.3 Å². The number of aliphatic hydroxyl groups is 1. The molecule has 2 aliphatic carbocycles. The Bertz CT molecular complexity index is 1430.